The van der Waals surface area contributed by atoms with Crippen LogP contribution in [0.15, 0.2) is 23.1 Å². The maximum atomic E-state index is 12.3. The molecule has 24 heavy (non-hydrogen) atoms. The number of hydrogen-bond donors (Lipinski definition) is 0. The fourth-order valence-electron chi connectivity index (χ4n) is 3.46. The van der Waals surface area contributed by atoms with E-state index in [9.17, 15) is 4.79 Å². The van der Waals surface area contributed by atoms with Gasteiger partial charge < -0.3 is 4.90 Å². The molecule has 7 nitrogen and oxygen atoms in total. The molecular formula is C17H20N6O. The van der Waals surface area contributed by atoms with Crippen LogP contribution >= 0.6 is 0 Å². The average Bonchev–Trinajstić information content (AvgIpc) is 3.41. The molecule has 0 radical (unpaired) electrons. The number of anilines is 1. The van der Waals surface area contributed by atoms with E-state index in [0.29, 0.717) is 17.5 Å². The van der Waals surface area contributed by atoms with E-state index in [1.54, 1.807) is 19.3 Å². The van der Waals surface area contributed by atoms with E-state index < -0.39 is 0 Å². The monoisotopic (exact) mass is 324 g/mol. The molecule has 2 aliphatic rings. The van der Waals surface area contributed by atoms with E-state index in [2.05, 4.69) is 21.1 Å². The van der Waals surface area contributed by atoms with Crippen LogP contribution in [0.4, 0.5) is 5.82 Å². The summed E-state index contributed by atoms with van der Waals surface area (Å²) in [4.78, 5) is 18.9. The van der Waals surface area contributed by atoms with Crippen molar-refractivity contribution >= 4 is 5.82 Å². The maximum Gasteiger partial charge on any atom is 0.345 e. The Morgan fingerprint density at radius 1 is 1.21 bits per heavy atom. The molecule has 0 N–H and O–H groups in total. The Morgan fingerprint density at radius 3 is 2.54 bits per heavy atom. The quantitative estimate of drug-likeness (QED) is 0.856. The highest BCUT2D eigenvalue weighted by atomic mass is 16.2. The number of rotatable bonds is 3. The van der Waals surface area contributed by atoms with Gasteiger partial charge in [0.15, 0.2) is 0 Å². The molecule has 2 fully saturated rings. The maximum absolute atomic E-state index is 12.3. The molecule has 7 heteroatoms. The molecular weight excluding hydrogens is 304 g/mol. The van der Waals surface area contributed by atoms with Crippen LogP contribution in [0, 0.1) is 11.3 Å². The predicted octanol–water partition coefficient (Wildman–Crippen LogP) is 1.57. The van der Waals surface area contributed by atoms with E-state index >= 15 is 0 Å². The van der Waals surface area contributed by atoms with Gasteiger partial charge in [-0.2, -0.15) is 10.4 Å². The first-order valence-corrected chi connectivity index (χ1v) is 8.44. The molecule has 4 rings (SSSR count). The fraction of sp³-hybridized carbons (Fsp3) is 0.529. The minimum absolute atomic E-state index is 0.0173. The summed E-state index contributed by atoms with van der Waals surface area (Å²) in [6.45, 7) is 1.78. The van der Waals surface area contributed by atoms with E-state index in [1.165, 1.54) is 4.68 Å². The van der Waals surface area contributed by atoms with Gasteiger partial charge in [0.2, 0.25) is 0 Å². The molecule has 0 bridgehead atoms. The summed E-state index contributed by atoms with van der Waals surface area (Å²) in [7, 11) is 1.74. The SMILES string of the molecule is Cn1nc(C2CCN(c3ccc(C#N)cn3)CC2)n(C2CC2)c1=O. The number of aryl methyl sites for hydroxylation is 1. The lowest BCUT2D eigenvalue weighted by Gasteiger charge is -2.32. The van der Waals surface area contributed by atoms with Gasteiger partial charge in [0, 0.05) is 38.3 Å². The van der Waals surface area contributed by atoms with Gasteiger partial charge in [-0.1, -0.05) is 0 Å². The Kier molecular flexibility index (Phi) is 3.60. The molecule has 0 unspecified atom stereocenters. The second kappa shape index (κ2) is 5.78. The van der Waals surface area contributed by atoms with Crippen LogP contribution in [0.1, 0.15) is 49.0 Å². The van der Waals surface area contributed by atoms with Gasteiger partial charge >= 0.3 is 5.69 Å². The topological polar surface area (TPSA) is 79.7 Å². The minimum Gasteiger partial charge on any atom is -0.357 e. The van der Waals surface area contributed by atoms with Crippen LogP contribution < -0.4 is 10.6 Å². The largest absolute Gasteiger partial charge is 0.357 e. The Labute approximate surface area is 140 Å². The Hall–Kier alpha value is -2.62. The molecule has 0 atom stereocenters. The van der Waals surface area contributed by atoms with Crippen molar-refractivity contribution in [1.82, 2.24) is 19.3 Å². The molecule has 0 spiro atoms. The zero-order valence-electron chi connectivity index (χ0n) is 13.7. The van der Waals surface area contributed by atoms with E-state index in [1.807, 2.05) is 10.6 Å². The first-order valence-electron chi connectivity index (χ1n) is 8.44. The second-order valence-corrected chi connectivity index (χ2v) is 6.64. The van der Waals surface area contributed by atoms with Crippen LogP contribution in [0.25, 0.3) is 0 Å². The average molecular weight is 324 g/mol. The lowest BCUT2D eigenvalue weighted by molar-refractivity contribution is 0.460. The molecule has 1 saturated heterocycles. The zero-order chi connectivity index (χ0) is 16.7. The number of hydrogen-bond acceptors (Lipinski definition) is 5. The summed E-state index contributed by atoms with van der Waals surface area (Å²) in [5.74, 6) is 2.19. The van der Waals surface area contributed by atoms with Gasteiger partial charge in [-0.25, -0.2) is 14.5 Å². The number of piperidine rings is 1. The van der Waals surface area contributed by atoms with Crippen LogP contribution in [0.5, 0.6) is 0 Å². The van der Waals surface area contributed by atoms with Crippen molar-refractivity contribution in [2.45, 2.75) is 37.6 Å². The van der Waals surface area contributed by atoms with Crippen molar-refractivity contribution in [3.63, 3.8) is 0 Å². The number of aromatic nitrogens is 4. The smallest absolute Gasteiger partial charge is 0.345 e. The summed E-state index contributed by atoms with van der Waals surface area (Å²) in [6.07, 6.45) is 5.72. The van der Waals surface area contributed by atoms with Crippen molar-refractivity contribution < 1.29 is 0 Å². The number of pyridine rings is 1. The number of nitrogens with zero attached hydrogens (tertiary/aromatic N) is 6. The van der Waals surface area contributed by atoms with Gasteiger partial charge in [-0.3, -0.25) is 4.57 Å². The summed E-state index contributed by atoms with van der Waals surface area (Å²) >= 11 is 0. The minimum atomic E-state index is 0.0173. The summed E-state index contributed by atoms with van der Waals surface area (Å²) in [5.41, 5.74) is 0.597. The second-order valence-electron chi connectivity index (χ2n) is 6.64. The van der Waals surface area contributed by atoms with Crippen LogP contribution in [0.2, 0.25) is 0 Å². The first kappa shape index (κ1) is 14.9. The molecule has 124 valence electrons. The highest BCUT2D eigenvalue weighted by Gasteiger charge is 2.33. The van der Waals surface area contributed by atoms with Gasteiger partial charge in [0.05, 0.1) is 5.56 Å². The molecule has 3 heterocycles. The third kappa shape index (κ3) is 2.58. The lowest BCUT2D eigenvalue weighted by atomic mass is 9.96. The van der Waals surface area contributed by atoms with Crippen molar-refractivity contribution in [1.29, 1.82) is 5.26 Å². The molecule has 0 aromatic carbocycles. The third-order valence-corrected chi connectivity index (χ3v) is 4.96. The Bertz CT molecular complexity index is 831. The van der Waals surface area contributed by atoms with Gasteiger partial charge in [-0.15, -0.1) is 0 Å². The third-order valence-electron chi connectivity index (χ3n) is 4.96. The number of nitriles is 1. The molecule has 2 aromatic heterocycles. The molecule has 1 aliphatic heterocycles. The first-order chi connectivity index (χ1) is 11.7. The zero-order valence-corrected chi connectivity index (χ0v) is 13.7. The van der Waals surface area contributed by atoms with Crippen LogP contribution in [-0.2, 0) is 7.05 Å². The van der Waals surface area contributed by atoms with Gasteiger partial charge in [0.1, 0.15) is 17.7 Å². The van der Waals surface area contributed by atoms with Crippen molar-refractivity contribution in [2.24, 2.45) is 7.05 Å². The summed E-state index contributed by atoms with van der Waals surface area (Å²) < 4.78 is 3.39. The van der Waals surface area contributed by atoms with E-state index in [-0.39, 0.29) is 5.69 Å². The predicted molar refractivity (Wildman–Crippen MR) is 88.9 cm³/mol. The normalized spacial score (nSPS) is 18.6. The standard InChI is InChI=1S/C17H20N6O/c1-21-17(24)23(14-3-4-14)16(20-21)13-6-8-22(9-7-13)15-5-2-12(10-18)11-19-15/h2,5,11,13-14H,3-4,6-9H2,1H3. The van der Waals surface area contributed by atoms with Crippen molar-refractivity contribution in [3.8, 4) is 6.07 Å². The van der Waals surface area contributed by atoms with Crippen molar-refractivity contribution in [2.75, 3.05) is 18.0 Å². The molecule has 1 aliphatic carbocycles. The molecule has 0 amide bonds. The van der Waals surface area contributed by atoms with Gasteiger partial charge in [0.25, 0.3) is 0 Å². The highest BCUT2D eigenvalue weighted by Crippen LogP contribution is 2.37. The highest BCUT2D eigenvalue weighted by molar-refractivity contribution is 5.42. The lowest BCUT2D eigenvalue weighted by Crippen LogP contribution is -2.34. The Balaban J connectivity index is 1.49. The fourth-order valence-corrected chi connectivity index (χ4v) is 3.46. The van der Waals surface area contributed by atoms with E-state index in [0.717, 1.165) is 50.4 Å². The Morgan fingerprint density at radius 2 is 1.96 bits per heavy atom. The van der Waals surface area contributed by atoms with E-state index in [4.69, 9.17) is 5.26 Å². The van der Waals surface area contributed by atoms with Crippen molar-refractivity contribution in [3.05, 3.63) is 40.2 Å². The summed E-state index contributed by atoms with van der Waals surface area (Å²) in [5, 5.41) is 13.4. The molecule has 2 aromatic rings. The van der Waals surface area contributed by atoms with Crippen LogP contribution in [-0.4, -0.2) is 32.4 Å². The summed E-state index contributed by atoms with van der Waals surface area (Å²) in [6, 6.07) is 6.16. The molecule has 1 saturated carbocycles. The van der Waals surface area contributed by atoms with Gasteiger partial charge in [-0.05, 0) is 37.8 Å². The van der Waals surface area contributed by atoms with Crippen LogP contribution in [0.3, 0.4) is 0 Å².